The molecule has 0 bridgehead atoms. The summed E-state index contributed by atoms with van der Waals surface area (Å²) < 4.78 is 1.26. The van der Waals surface area contributed by atoms with Gasteiger partial charge in [0.1, 0.15) is 0 Å². The summed E-state index contributed by atoms with van der Waals surface area (Å²) in [5.41, 5.74) is 0.386. The Labute approximate surface area is 113 Å². The number of carbonyl (C=O) groups is 1. The molecule has 20 heavy (non-hydrogen) atoms. The quantitative estimate of drug-likeness (QED) is 0.770. The van der Waals surface area contributed by atoms with Gasteiger partial charge in [-0.25, -0.2) is 4.79 Å². The van der Waals surface area contributed by atoms with Crippen molar-refractivity contribution in [3.63, 3.8) is 0 Å². The highest BCUT2D eigenvalue weighted by molar-refractivity contribution is 5.93. The van der Waals surface area contributed by atoms with Crippen molar-refractivity contribution in [3.05, 3.63) is 70.6 Å². The van der Waals surface area contributed by atoms with E-state index >= 15 is 0 Å². The lowest BCUT2D eigenvalue weighted by molar-refractivity contribution is 0.0697. The predicted molar refractivity (Wildman–Crippen MR) is 74.3 cm³/mol. The van der Waals surface area contributed by atoms with Gasteiger partial charge in [-0.3, -0.25) is 4.79 Å². The first kappa shape index (κ1) is 12.1. The Balaban J connectivity index is 2.29. The van der Waals surface area contributed by atoms with E-state index in [-0.39, 0.29) is 11.1 Å². The van der Waals surface area contributed by atoms with Crippen molar-refractivity contribution in [1.29, 1.82) is 0 Å². The number of aromatic nitrogens is 2. The molecule has 0 radical (unpaired) electrons. The smallest absolute Gasteiger partial charge is 0.335 e. The summed E-state index contributed by atoms with van der Waals surface area (Å²) in [4.78, 5) is 23.4. The van der Waals surface area contributed by atoms with Gasteiger partial charge in [-0.15, -0.1) is 0 Å². The van der Waals surface area contributed by atoms with Crippen molar-refractivity contribution in [3.8, 4) is 5.69 Å². The summed E-state index contributed by atoms with van der Waals surface area (Å²) in [7, 11) is 0. The number of carboxylic acid groups (broad SMARTS) is 1. The first-order chi connectivity index (χ1) is 9.66. The third-order valence-corrected chi connectivity index (χ3v) is 3.04. The van der Waals surface area contributed by atoms with Gasteiger partial charge in [0.2, 0.25) is 0 Å². The second-order valence-corrected chi connectivity index (χ2v) is 4.30. The Bertz CT molecular complexity index is 854. The van der Waals surface area contributed by atoms with Gasteiger partial charge >= 0.3 is 5.97 Å². The van der Waals surface area contributed by atoms with E-state index in [1.165, 1.54) is 16.8 Å². The third kappa shape index (κ3) is 1.95. The van der Waals surface area contributed by atoms with E-state index in [1.807, 2.05) is 6.07 Å². The molecule has 5 nitrogen and oxygen atoms in total. The summed E-state index contributed by atoms with van der Waals surface area (Å²) in [5.74, 6) is -1.06. The topological polar surface area (TPSA) is 72.2 Å². The fourth-order valence-corrected chi connectivity index (χ4v) is 2.03. The lowest BCUT2D eigenvalue weighted by Gasteiger charge is -2.06. The van der Waals surface area contributed by atoms with Gasteiger partial charge in [-0.2, -0.15) is 9.78 Å². The van der Waals surface area contributed by atoms with Gasteiger partial charge in [-0.05, 0) is 24.3 Å². The molecule has 3 aromatic rings. The molecule has 3 rings (SSSR count). The highest BCUT2D eigenvalue weighted by Crippen LogP contribution is 2.12. The second kappa shape index (κ2) is 4.62. The molecule has 1 aromatic heterocycles. The Morgan fingerprint density at radius 2 is 1.85 bits per heavy atom. The molecule has 98 valence electrons. The lowest BCUT2D eigenvalue weighted by Crippen LogP contribution is -2.21. The number of nitrogens with zero attached hydrogens (tertiary/aromatic N) is 2. The number of aromatic carboxylic acids is 1. The molecule has 0 saturated heterocycles. The van der Waals surface area contributed by atoms with Crippen LogP contribution in [0.3, 0.4) is 0 Å². The van der Waals surface area contributed by atoms with Crippen LogP contribution < -0.4 is 5.56 Å². The molecular weight excluding hydrogens is 256 g/mol. The molecule has 0 unspecified atom stereocenters. The normalized spacial score (nSPS) is 10.6. The van der Waals surface area contributed by atoms with Gasteiger partial charge in [0.25, 0.3) is 5.56 Å². The maximum atomic E-state index is 12.4. The summed E-state index contributed by atoms with van der Waals surface area (Å²) in [5, 5.41) is 14.1. The van der Waals surface area contributed by atoms with Gasteiger partial charge < -0.3 is 5.11 Å². The molecule has 0 saturated carbocycles. The molecule has 0 amide bonds. The van der Waals surface area contributed by atoms with Crippen molar-refractivity contribution in [2.45, 2.75) is 0 Å². The molecule has 0 fully saturated rings. The number of carboxylic acids is 1. The van der Waals surface area contributed by atoms with Crippen LogP contribution in [0.2, 0.25) is 0 Å². The van der Waals surface area contributed by atoms with Gasteiger partial charge in [0, 0.05) is 5.39 Å². The largest absolute Gasteiger partial charge is 0.478 e. The molecule has 0 spiro atoms. The molecule has 0 aliphatic carbocycles. The van der Waals surface area contributed by atoms with Crippen LogP contribution in [0.5, 0.6) is 0 Å². The first-order valence-electron chi connectivity index (χ1n) is 5.97. The molecule has 1 heterocycles. The summed E-state index contributed by atoms with van der Waals surface area (Å²) in [6.07, 6.45) is 1.55. The molecule has 0 aliphatic heterocycles. The minimum Gasteiger partial charge on any atom is -0.478 e. The highest BCUT2D eigenvalue weighted by Gasteiger charge is 2.09. The summed E-state index contributed by atoms with van der Waals surface area (Å²) >= 11 is 0. The molecule has 5 heteroatoms. The highest BCUT2D eigenvalue weighted by atomic mass is 16.4. The van der Waals surface area contributed by atoms with Crippen molar-refractivity contribution in [2.75, 3.05) is 0 Å². The van der Waals surface area contributed by atoms with Crippen LogP contribution in [0.4, 0.5) is 0 Å². The molecule has 1 N–H and O–H groups in total. The van der Waals surface area contributed by atoms with E-state index in [4.69, 9.17) is 5.11 Å². The maximum Gasteiger partial charge on any atom is 0.335 e. The van der Waals surface area contributed by atoms with Crippen LogP contribution in [0.25, 0.3) is 16.5 Å². The number of para-hydroxylation sites is 1. The van der Waals surface area contributed by atoms with Crippen molar-refractivity contribution >= 4 is 16.7 Å². The van der Waals surface area contributed by atoms with Gasteiger partial charge in [0.15, 0.2) is 0 Å². The van der Waals surface area contributed by atoms with Crippen LogP contribution in [0, 0.1) is 0 Å². The van der Waals surface area contributed by atoms with E-state index in [1.54, 1.807) is 36.5 Å². The van der Waals surface area contributed by atoms with Crippen LogP contribution >= 0.6 is 0 Å². The van der Waals surface area contributed by atoms with E-state index in [2.05, 4.69) is 5.10 Å². The zero-order valence-corrected chi connectivity index (χ0v) is 10.4. The number of hydrogen-bond donors (Lipinski definition) is 1. The third-order valence-electron chi connectivity index (χ3n) is 3.04. The van der Waals surface area contributed by atoms with E-state index < -0.39 is 5.97 Å². The number of benzene rings is 2. The van der Waals surface area contributed by atoms with E-state index in [9.17, 15) is 9.59 Å². The summed E-state index contributed by atoms with van der Waals surface area (Å²) in [6, 6.07) is 13.4. The minimum atomic E-state index is -1.06. The molecule has 0 atom stereocenters. The minimum absolute atomic E-state index is 0.0837. The van der Waals surface area contributed by atoms with Crippen LogP contribution in [0.15, 0.2) is 59.5 Å². The van der Waals surface area contributed by atoms with Crippen LogP contribution in [0.1, 0.15) is 10.4 Å². The maximum absolute atomic E-state index is 12.4. The van der Waals surface area contributed by atoms with Crippen molar-refractivity contribution < 1.29 is 9.90 Å². The van der Waals surface area contributed by atoms with Gasteiger partial charge in [0.05, 0.1) is 22.8 Å². The molecular formula is C15H10N2O3. The Morgan fingerprint density at radius 1 is 1.10 bits per heavy atom. The van der Waals surface area contributed by atoms with E-state index in [0.29, 0.717) is 16.5 Å². The van der Waals surface area contributed by atoms with Crippen molar-refractivity contribution in [2.24, 2.45) is 0 Å². The Morgan fingerprint density at radius 3 is 2.55 bits per heavy atom. The van der Waals surface area contributed by atoms with Crippen LogP contribution in [-0.4, -0.2) is 20.9 Å². The second-order valence-electron chi connectivity index (χ2n) is 4.30. The van der Waals surface area contributed by atoms with Crippen LogP contribution in [-0.2, 0) is 0 Å². The Kier molecular flexibility index (Phi) is 2.80. The zero-order valence-electron chi connectivity index (χ0n) is 10.4. The summed E-state index contributed by atoms with van der Waals surface area (Å²) in [6.45, 7) is 0. The standard InChI is InChI=1S/C15H10N2O3/c18-14-13-8-10(15(19)20)6-7-11(13)9-16-17(14)12-4-2-1-3-5-12/h1-9H,(H,19,20). The van der Waals surface area contributed by atoms with E-state index in [0.717, 1.165) is 0 Å². The first-order valence-corrected chi connectivity index (χ1v) is 5.97. The fraction of sp³-hybridized carbons (Fsp3) is 0. The average molecular weight is 266 g/mol. The van der Waals surface area contributed by atoms with Gasteiger partial charge in [-0.1, -0.05) is 24.3 Å². The Hall–Kier alpha value is -2.95. The SMILES string of the molecule is O=C(O)c1ccc2cnn(-c3ccccc3)c(=O)c2c1. The monoisotopic (exact) mass is 266 g/mol. The molecule has 2 aromatic carbocycles. The van der Waals surface area contributed by atoms with Crippen molar-refractivity contribution in [1.82, 2.24) is 9.78 Å². The molecule has 0 aliphatic rings. The number of rotatable bonds is 2. The predicted octanol–water partition coefficient (Wildman–Crippen LogP) is 2.08. The number of hydrogen-bond acceptors (Lipinski definition) is 3. The fourth-order valence-electron chi connectivity index (χ4n) is 2.03. The number of fused-ring (bicyclic) bond motifs is 1. The zero-order chi connectivity index (χ0) is 14.1. The lowest BCUT2D eigenvalue weighted by atomic mass is 10.1. The average Bonchev–Trinajstić information content (AvgIpc) is 2.48.